The highest BCUT2D eigenvalue weighted by Gasteiger charge is 2.39. The molecule has 4 aliphatic heterocycles. The first-order valence-corrected chi connectivity index (χ1v) is 20.0. The van der Waals surface area contributed by atoms with E-state index in [4.69, 9.17) is 22.9 Å². The molecule has 0 bridgehead atoms. The minimum absolute atomic E-state index is 0.0333. The third kappa shape index (κ3) is 8.27. The zero-order valence-corrected chi connectivity index (χ0v) is 32.0. The molecule has 3 fully saturated rings. The Balaban J connectivity index is 0.759. The fourth-order valence-electron chi connectivity index (χ4n) is 8.67. The average Bonchev–Trinajstić information content (AvgIpc) is 3.54. The maximum atomic E-state index is 13.1. The van der Waals surface area contributed by atoms with Crippen LogP contribution in [0.15, 0.2) is 54.6 Å². The Morgan fingerprint density at radius 1 is 0.946 bits per heavy atom. The predicted molar refractivity (Wildman–Crippen MR) is 210 cm³/mol. The second kappa shape index (κ2) is 16.4. The molecule has 8 rings (SSSR count). The Morgan fingerprint density at radius 2 is 1.77 bits per heavy atom. The highest BCUT2D eigenvalue weighted by Crippen LogP contribution is 2.34. The van der Waals surface area contributed by atoms with Gasteiger partial charge in [0.05, 0.1) is 17.7 Å². The molecule has 1 aromatic heterocycles. The van der Waals surface area contributed by atoms with E-state index in [9.17, 15) is 19.2 Å². The molecule has 1 saturated carbocycles. The van der Waals surface area contributed by atoms with Crippen LogP contribution in [-0.2, 0) is 16.1 Å². The first-order valence-electron chi connectivity index (χ1n) is 19.6. The molecule has 1 aliphatic carbocycles. The molecule has 5 aliphatic rings. The lowest BCUT2D eigenvalue weighted by Crippen LogP contribution is -2.52. The van der Waals surface area contributed by atoms with Crippen LogP contribution in [0.2, 0.25) is 5.02 Å². The summed E-state index contributed by atoms with van der Waals surface area (Å²) in [6, 6.07) is 14.2. The van der Waals surface area contributed by atoms with Gasteiger partial charge in [0.2, 0.25) is 17.5 Å². The molecule has 1 unspecified atom stereocenters. The number of hydrogen-bond donors (Lipinski definition) is 2. The van der Waals surface area contributed by atoms with Crippen molar-refractivity contribution < 1.29 is 23.9 Å². The number of carbonyl (C=O) groups is 4. The van der Waals surface area contributed by atoms with E-state index in [0.29, 0.717) is 46.6 Å². The van der Waals surface area contributed by atoms with E-state index in [1.807, 2.05) is 18.2 Å². The van der Waals surface area contributed by atoms with Crippen molar-refractivity contribution >= 4 is 52.3 Å². The zero-order valence-electron chi connectivity index (χ0n) is 31.2. The fourth-order valence-corrected chi connectivity index (χ4v) is 8.88. The Morgan fingerprint density at radius 3 is 2.46 bits per heavy atom. The summed E-state index contributed by atoms with van der Waals surface area (Å²) < 4.78 is 6.09. The smallest absolute Gasteiger partial charge is 0.272 e. The SMILES string of the molecule is [C-]#[N+]c1ccc(OC2CCC(NC(=O)c3ccc(N4CCC(CN5CC=C(c6ccc7c(c6)CN(C6CCC(=O)NC6=O)C7=O)CC5)CC4)nn3)CC2)cc1Cl. The summed E-state index contributed by atoms with van der Waals surface area (Å²) in [7, 11) is 0. The van der Waals surface area contributed by atoms with Gasteiger partial charge in [0, 0.05) is 57.3 Å². The largest absolute Gasteiger partial charge is 0.490 e. The van der Waals surface area contributed by atoms with E-state index in [1.165, 1.54) is 5.57 Å². The molecular weight excluding hydrogens is 732 g/mol. The first kappa shape index (κ1) is 37.6. The fraction of sp³-hybridized carbons (Fsp3) is 0.452. The highest BCUT2D eigenvalue weighted by atomic mass is 35.5. The molecule has 13 nitrogen and oxygen atoms in total. The van der Waals surface area contributed by atoms with Gasteiger partial charge in [-0.3, -0.25) is 29.4 Å². The van der Waals surface area contributed by atoms with E-state index in [1.54, 1.807) is 29.2 Å². The van der Waals surface area contributed by atoms with E-state index >= 15 is 0 Å². The van der Waals surface area contributed by atoms with Gasteiger partial charge in [-0.2, -0.15) is 0 Å². The number of imide groups is 1. The van der Waals surface area contributed by atoms with E-state index in [2.05, 4.69) is 47.6 Å². The van der Waals surface area contributed by atoms with Crippen LogP contribution in [0.4, 0.5) is 11.5 Å². The Labute approximate surface area is 331 Å². The summed E-state index contributed by atoms with van der Waals surface area (Å²) in [4.78, 5) is 59.9. The van der Waals surface area contributed by atoms with Gasteiger partial charge in [0.25, 0.3) is 11.8 Å². The number of hydrogen-bond acceptors (Lipinski definition) is 9. The lowest BCUT2D eigenvalue weighted by molar-refractivity contribution is -0.136. The molecule has 0 radical (unpaired) electrons. The van der Waals surface area contributed by atoms with Gasteiger partial charge in [-0.1, -0.05) is 29.8 Å². The summed E-state index contributed by atoms with van der Waals surface area (Å²) in [6.07, 6.45) is 9.21. The Kier molecular flexibility index (Phi) is 11.0. The summed E-state index contributed by atoms with van der Waals surface area (Å²) in [5, 5.41) is 14.6. The van der Waals surface area contributed by atoms with Crippen molar-refractivity contribution in [1.29, 1.82) is 0 Å². The number of anilines is 1. The van der Waals surface area contributed by atoms with Gasteiger partial charge in [-0.25, -0.2) is 4.85 Å². The molecule has 0 spiro atoms. The number of nitrogens with one attached hydrogen (secondary N) is 2. The van der Waals surface area contributed by atoms with Gasteiger partial charge >= 0.3 is 0 Å². The Bertz CT molecular complexity index is 2080. The summed E-state index contributed by atoms with van der Waals surface area (Å²) in [6.45, 7) is 12.2. The molecule has 56 heavy (non-hydrogen) atoms. The van der Waals surface area contributed by atoms with Crippen LogP contribution in [0, 0.1) is 12.5 Å². The van der Waals surface area contributed by atoms with E-state index in [-0.39, 0.29) is 42.2 Å². The molecule has 2 aromatic carbocycles. The Hall–Kier alpha value is -5.32. The van der Waals surface area contributed by atoms with Crippen LogP contribution in [0.25, 0.3) is 10.4 Å². The normalized spacial score (nSPS) is 23.2. The average molecular weight is 777 g/mol. The number of nitrogens with zero attached hydrogens (tertiary/aromatic N) is 6. The quantitative estimate of drug-likeness (QED) is 0.211. The lowest BCUT2D eigenvalue weighted by Gasteiger charge is -2.36. The molecule has 2 N–H and O–H groups in total. The number of halogens is 1. The monoisotopic (exact) mass is 776 g/mol. The van der Waals surface area contributed by atoms with Gasteiger partial charge in [0.15, 0.2) is 11.5 Å². The molecule has 3 aromatic rings. The van der Waals surface area contributed by atoms with Gasteiger partial charge in [-0.15, -0.1) is 10.2 Å². The number of benzene rings is 2. The topological polar surface area (TPSA) is 141 Å². The minimum atomic E-state index is -0.605. The van der Waals surface area contributed by atoms with Crippen LogP contribution in [0.3, 0.4) is 0 Å². The van der Waals surface area contributed by atoms with Crippen molar-refractivity contribution in [3.8, 4) is 5.75 Å². The molecule has 1 atom stereocenters. The number of ether oxygens (including phenoxy) is 1. The summed E-state index contributed by atoms with van der Waals surface area (Å²) in [5.41, 5.74) is 4.71. The second-order valence-electron chi connectivity index (χ2n) is 15.5. The van der Waals surface area contributed by atoms with Gasteiger partial charge < -0.3 is 19.9 Å². The molecule has 5 heterocycles. The molecule has 290 valence electrons. The van der Waals surface area contributed by atoms with Gasteiger partial charge in [0.1, 0.15) is 11.8 Å². The van der Waals surface area contributed by atoms with Crippen LogP contribution in [0.5, 0.6) is 5.75 Å². The minimum Gasteiger partial charge on any atom is -0.490 e. The molecule has 2 saturated heterocycles. The lowest BCUT2D eigenvalue weighted by atomic mass is 9.93. The van der Waals surface area contributed by atoms with Crippen molar-refractivity contribution in [3.63, 3.8) is 0 Å². The molecule has 4 amide bonds. The maximum absolute atomic E-state index is 13.1. The third-order valence-electron chi connectivity index (χ3n) is 11.9. The van der Waals surface area contributed by atoms with Crippen molar-refractivity contribution in [2.45, 2.75) is 82.5 Å². The molecular formula is C42H45ClN8O5. The number of fused-ring (bicyclic) bond motifs is 1. The van der Waals surface area contributed by atoms with Crippen molar-refractivity contribution in [1.82, 2.24) is 30.6 Å². The number of aromatic nitrogens is 2. The first-order chi connectivity index (χ1) is 27.2. The van der Waals surface area contributed by atoms with Crippen LogP contribution >= 0.6 is 11.6 Å². The number of amides is 4. The third-order valence-corrected chi connectivity index (χ3v) is 12.2. The molecule has 14 heteroatoms. The van der Waals surface area contributed by atoms with Crippen LogP contribution < -0.4 is 20.3 Å². The van der Waals surface area contributed by atoms with E-state index in [0.717, 1.165) is 94.6 Å². The second-order valence-corrected chi connectivity index (χ2v) is 15.9. The number of rotatable bonds is 9. The number of piperidine rings is 2. The predicted octanol–water partition coefficient (Wildman–Crippen LogP) is 5.57. The summed E-state index contributed by atoms with van der Waals surface area (Å²) in [5.74, 6) is 1.01. The van der Waals surface area contributed by atoms with Crippen molar-refractivity contribution in [3.05, 3.63) is 93.4 Å². The van der Waals surface area contributed by atoms with Gasteiger partial charge in [-0.05, 0) is 110 Å². The maximum Gasteiger partial charge on any atom is 0.272 e. The van der Waals surface area contributed by atoms with Crippen LogP contribution in [0.1, 0.15) is 89.8 Å². The number of carbonyl (C=O) groups excluding carboxylic acids is 4. The van der Waals surface area contributed by atoms with Crippen LogP contribution in [-0.4, -0.2) is 94.5 Å². The van der Waals surface area contributed by atoms with E-state index < -0.39 is 6.04 Å². The standard InChI is InChI=1S/C42H45ClN8O5/c1-44-35-9-7-32(23-34(35)43)56-31-5-3-30(4-6-31)45-40(53)36-10-12-38(48-47-36)50-20-14-26(15-21-50)24-49-18-16-27(17-19-49)28-2-8-33-29(22-28)25-51(42(33)55)37-11-13-39(52)46-41(37)54/h2,7-10,12,16,22-23,26,30-31,37H,3-6,11,13-15,17-21,24-25H2,(H,45,53)(H,46,52,54). The highest BCUT2D eigenvalue weighted by molar-refractivity contribution is 6.33. The zero-order chi connectivity index (χ0) is 38.8. The summed E-state index contributed by atoms with van der Waals surface area (Å²) >= 11 is 6.15. The van der Waals surface area contributed by atoms with Crippen molar-refractivity contribution in [2.75, 3.05) is 37.6 Å². The van der Waals surface area contributed by atoms with Crippen molar-refractivity contribution in [2.24, 2.45) is 5.92 Å².